The molecule has 0 atom stereocenters. The van der Waals surface area contributed by atoms with Crippen LogP contribution >= 0.6 is 0 Å². The van der Waals surface area contributed by atoms with Crippen molar-refractivity contribution in [3.8, 4) is 0 Å². The molecule has 3 amide bonds. The number of rotatable bonds is 9. The standard InChI is InChI=1S/C22H25N5O4/c28-19(13-27-20(29)10-9-18(26-27)14-1-2-14)23-11-12-24-21(30)15-5-7-17(8-6-15)25-22(31)16-3-4-16/h5-10,14,16H,1-4,11-13H2,(H,23,28)(H,24,30)(H,25,31). The number of nitrogens with one attached hydrogen (secondary N) is 3. The van der Waals surface area contributed by atoms with E-state index in [0.29, 0.717) is 17.2 Å². The Labute approximate surface area is 179 Å². The molecule has 2 aliphatic rings. The van der Waals surface area contributed by atoms with Crippen LogP contribution in [0.4, 0.5) is 5.69 Å². The van der Waals surface area contributed by atoms with Gasteiger partial charge in [0.1, 0.15) is 6.54 Å². The molecular formula is C22H25N5O4. The molecule has 0 unspecified atom stereocenters. The normalized spacial score (nSPS) is 15.2. The predicted molar refractivity (Wildman–Crippen MR) is 114 cm³/mol. The van der Waals surface area contributed by atoms with Gasteiger partial charge in [0.15, 0.2) is 0 Å². The van der Waals surface area contributed by atoms with Crippen molar-refractivity contribution in [2.24, 2.45) is 5.92 Å². The van der Waals surface area contributed by atoms with Crippen molar-refractivity contribution in [2.75, 3.05) is 18.4 Å². The Kier molecular flexibility index (Phi) is 6.11. The fraction of sp³-hybridized carbons (Fsp3) is 0.409. The summed E-state index contributed by atoms with van der Waals surface area (Å²) in [6, 6.07) is 9.83. The van der Waals surface area contributed by atoms with Crippen LogP contribution in [0.25, 0.3) is 0 Å². The van der Waals surface area contributed by atoms with Crippen molar-refractivity contribution in [3.05, 3.63) is 58.0 Å². The van der Waals surface area contributed by atoms with Gasteiger partial charge in [-0.1, -0.05) is 0 Å². The first-order valence-corrected chi connectivity index (χ1v) is 10.5. The fourth-order valence-electron chi connectivity index (χ4n) is 3.14. The molecule has 2 fully saturated rings. The van der Waals surface area contributed by atoms with Gasteiger partial charge in [0.05, 0.1) is 5.69 Å². The second kappa shape index (κ2) is 9.11. The van der Waals surface area contributed by atoms with E-state index in [1.807, 2.05) is 0 Å². The molecule has 4 rings (SSSR count). The number of hydrogen-bond acceptors (Lipinski definition) is 5. The smallest absolute Gasteiger partial charge is 0.267 e. The highest BCUT2D eigenvalue weighted by Gasteiger charge is 2.29. The monoisotopic (exact) mass is 423 g/mol. The van der Waals surface area contributed by atoms with E-state index in [9.17, 15) is 19.2 Å². The lowest BCUT2D eigenvalue weighted by Crippen LogP contribution is -2.38. The van der Waals surface area contributed by atoms with Gasteiger partial charge in [0.2, 0.25) is 11.8 Å². The van der Waals surface area contributed by atoms with Crippen LogP contribution in [-0.4, -0.2) is 40.6 Å². The fourth-order valence-corrected chi connectivity index (χ4v) is 3.14. The van der Waals surface area contributed by atoms with Crippen molar-refractivity contribution in [2.45, 2.75) is 38.1 Å². The van der Waals surface area contributed by atoms with Gasteiger partial charge in [-0.15, -0.1) is 0 Å². The maximum absolute atomic E-state index is 12.2. The van der Waals surface area contributed by atoms with Crippen LogP contribution in [0.1, 0.15) is 47.7 Å². The quantitative estimate of drug-likeness (QED) is 0.520. The Bertz CT molecular complexity index is 1040. The second-order valence-electron chi connectivity index (χ2n) is 7.98. The minimum atomic E-state index is -0.340. The van der Waals surface area contributed by atoms with Crippen molar-refractivity contribution < 1.29 is 14.4 Å². The summed E-state index contributed by atoms with van der Waals surface area (Å²) in [7, 11) is 0. The lowest BCUT2D eigenvalue weighted by atomic mass is 10.2. The Balaban J connectivity index is 1.18. The first kappa shape index (κ1) is 20.8. The number of carbonyl (C=O) groups excluding carboxylic acids is 3. The second-order valence-corrected chi connectivity index (χ2v) is 7.98. The molecule has 1 aromatic carbocycles. The lowest BCUT2D eigenvalue weighted by Gasteiger charge is -2.09. The van der Waals surface area contributed by atoms with Crippen LogP contribution in [0.2, 0.25) is 0 Å². The Morgan fingerprint density at radius 2 is 1.65 bits per heavy atom. The number of hydrogen-bond donors (Lipinski definition) is 3. The third-order valence-corrected chi connectivity index (χ3v) is 5.27. The zero-order valence-corrected chi connectivity index (χ0v) is 17.1. The van der Waals surface area contributed by atoms with E-state index in [1.165, 1.54) is 10.7 Å². The zero-order valence-electron chi connectivity index (χ0n) is 17.1. The molecule has 2 saturated carbocycles. The molecule has 0 spiro atoms. The van der Waals surface area contributed by atoms with Gasteiger partial charge >= 0.3 is 0 Å². The van der Waals surface area contributed by atoms with Crippen LogP contribution < -0.4 is 21.5 Å². The van der Waals surface area contributed by atoms with Gasteiger partial charge in [-0.05, 0) is 56.0 Å². The molecule has 0 radical (unpaired) electrons. The molecule has 9 heteroatoms. The number of amides is 3. The molecule has 1 aromatic heterocycles. The summed E-state index contributed by atoms with van der Waals surface area (Å²) in [5.41, 5.74) is 1.65. The minimum Gasteiger partial charge on any atom is -0.353 e. The highest BCUT2D eigenvalue weighted by molar-refractivity contribution is 5.96. The van der Waals surface area contributed by atoms with Crippen molar-refractivity contribution in [1.29, 1.82) is 0 Å². The van der Waals surface area contributed by atoms with E-state index in [2.05, 4.69) is 21.0 Å². The van der Waals surface area contributed by atoms with Crippen molar-refractivity contribution in [1.82, 2.24) is 20.4 Å². The molecule has 1 heterocycles. The van der Waals surface area contributed by atoms with Gasteiger partial charge in [-0.3, -0.25) is 19.2 Å². The minimum absolute atomic E-state index is 0.0182. The van der Waals surface area contributed by atoms with Gasteiger partial charge in [-0.25, -0.2) is 4.68 Å². The highest BCUT2D eigenvalue weighted by atomic mass is 16.2. The molecule has 0 aliphatic heterocycles. The Hall–Kier alpha value is -3.49. The summed E-state index contributed by atoms with van der Waals surface area (Å²) in [6.45, 7) is 0.327. The third kappa shape index (κ3) is 5.78. The summed E-state index contributed by atoms with van der Waals surface area (Å²) in [4.78, 5) is 48.0. The Morgan fingerprint density at radius 3 is 2.32 bits per heavy atom. The summed E-state index contributed by atoms with van der Waals surface area (Å²) in [5, 5.41) is 12.5. The van der Waals surface area contributed by atoms with Crippen LogP contribution in [0.3, 0.4) is 0 Å². The van der Waals surface area contributed by atoms with Gasteiger partial charge in [0.25, 0.3) is 11.5 Å². The maximum atomic E-state index is 12.2. The average molecular weight is 423 g/mol. The highest BCUT2D eigenvalue weighted by Crippen LogP contribution is 2.38. The number of benzene rings is 1. The Morgan fingerprint density at radius 1 is 0.935 bits per heavy atom. The van der Waals surface area contributed by atoms with Crippen LogP contribution in [0.15, 0.2) is 41.2 Å². The van der Waals surface area contributed by atoms with E-state index < -0.39 is 0 Å². The van der Waals surface area contributed by atoms with E-state index in [4.69, 9.17) is 0 Å². The van der Waals surface area contributed by atoms with E-state index in [-0.39, 0.29) is 48.8 Å². The molecule has 9 nitrogen and oxygen atoms in total. The summed E-state index contributed by atoms with van der Waals surface area (Å²) < 4.78 is 1.17. The molecule has 31 heavy (non-hydrogen) atoms. The van der Waals surface area contributed by atoms with Crippen molar-refractivity contribution in [3.63, 3.8) is 0 Å². The summed E-state index contributed by atoms with van der Waals surface area (Å²) >= 11 is 0. The molecular weight excluding hydrogens is 398 g/mol. The molecule has 0 saturated heterocycles. The number of aromatic nitrogens is 2. The summed E-state index contributed by atoms with van der Waals surface area (Å²) in [6.07, 6.45) is 4.00. The van der Waals surface area contributed by atoms with E-state index >= 15 is 0 Å². The number of nitrogens with zero attached hydrogens (tertiary/aromatic N) is 2. The van der Waals surface area contributed by atoms with Gasteiger partial charge in [0, 0.05) is 42.2 Å². The van der Waals surface area contributed by atoms with E-state index in [1.54, 1.807) is 30.3 Å². The summed E-state index contributed by atoms with van der Waals surface area (Å²) in [5.74, 6) is -0.0787. The molecule has 2 aromatic rings. The molecule has 3 N–H and O–H groups in total. The van der Waals surface area contributed by atoms with E-state index in [0.717, 1.165) is 31.4 Å². The topological polar surface area (TPSA) is 122 Å². The largest absolute Gasteiger partial charge is 0.353 e. The van der Waals surface area contributed by atoms with Gasteiger partial charge < -0.3 is 16.0 Å². The third-order valence-electron chi connectivity index (χ3n) is 5.27. The zero-order chi connectivity index (χ0) is 21.8. The SMILES string of the molecule is O=C(Cn1nc(C2CC2)ccc1=O)NCCNC(=O)c1ccc(NC(=O)C2CC2)cc1. The number of anilines is 1. The molecule has 0 bridgehead atoms. The average Bonchev–Trinajstić information content (AvgIpc) is 3.65. The maximum Gasteiger partial charge on any atom is 0.267 e. The molecule has 162 valence electrons. The van der Waals surface area contributed by atoms with Gasteiger partial charge in [-0.2, -0.15) is 5.10 Å². The first-order chi connectivity index (χ1) is 15.0. The van der Waals surface area contributed by atoms with Crippen LogP contribution in [0.5, 0.6) is 0 Å². The van der Waals surface area contributed by atoms with Crippen molar-refractivity contribution >= 4 is 23.4 Å². The molecule has 2 aliphatic carbocycles. The predicted octanol–water partition coefficient (Wildman–Crippen LogP) is 1.02. The van der Waals surface area contributed by atoms with Crippen LogP contribution in [-0.2, 0) is 16.1 Å². The van der Waals surface area contributed by atoms with Crippen LogP contribution in [0, 0.1) is 5.92 Å². The lowest BCUT2D eigenvalue weighted by molar-refractivity contribution is -0.122. The first-order valence-electron chi connectivity index (χ1n) is 10.5. The number of carbonyl (C=O) groups is 3.